The summed E-state index contributed by atoms with van der Waals surface area (Å²) in [7, 11) is 0. The van der Waals surface area contributed by atoms with Gasteiger partial charge in [0, 0.05) is 12.1 Å². The Morgan fingerprint density at radius 3 is 3.00 bits per heavy atom. The van der Waals surface area contributed by atoms with Crippen molar-refractivity contribution in [1.82, 2.24) is 10.6 Å². The van der Waals surface area contributed by atoms with E-state index < -0.39 is 0 Å². The molecule has 2 fully saturated rings. The van der Waals surface area contributed by atoms with Crippen LogP contribution < -0.4 is 10.6 Å². The molecule has 0 radical (unpaired) electrons. The first kappa shape index (κ1) is 9.46. The van der Waals surface area contributed by atoms with Crippen LogP contribution >= 0.6 is 15.9 Å². The lowest BCUT2D eigenvalue weighted by Crippen LogP contribution is -2.41. The van der Waals surface area contributed by atoms with Gasteiger partial charge in [0.05, 0.1) is 5.33 Å². The molecule has 1 amide bonds. The SMILES string of the molecule is O=C(CBr)NC1CC2CNC(C2)C1. The average Bonchev–Trinajstić information content (AvgIpc) is 2.46. The first-order valence-corrected chi connectivity index (χ1v) is 5.99. The number of amides is 1. The van der Waals surface area contributed by atoms with Crippen molar-refractivity contribution in [3.05, 3.63) is 0 Å². The van der Waals surface area contributed by atoms with Crippen molar-refractivity contribution in [2.24, 2.45) is 5.92 Å². The van der Waals surface area contributed by atoms with Crippen molar-refractivity contribution < 1.29 is 4.79 Å². The molecule has 1 heterocycles. The highest BCUT2D eigenvalue weighted by Crippen LogP contribution is 2.29. The van der Waals surface area contributed by atoms with Gasteiger partial charge in [0.2, 0.25) is 5.91 Å². The fraction of sp³-hybridized carbons (Fsp3) is 0.889. The van der Waals surface area contributed by atoms with Crippen LogP contribution in [0.2, 0.25) is 0 Å². The lowest BCUT2D eigenvalue weighted by Gasteiger charge is -2.27. The van der Waals surface area contributed by atoms with Crippen molar-refractivity contribution in [1.29, 1.82) is 0 Å². The van der Waals surface area contributed by atoms with Crippen molar-refractivity contribution in [2.45, 2.75) is 31.3 Å². The molecule has 0 spiro atoms. The number of alkyl halides is 1. The number of nitrogens with one attached hydrogen (secondary N) is 2. The van der Waals surface area contributed by atoms with Crippen LogP contribution in [0.15, 0.2) is 0 Å². The maximum absolute atomic E-state index is 11.1. The minimum Gasteiger partial charge on any atom is -0.353 e. The van der Waals surface area contributed by atoms with Crippen molar-refractivity contribution >= 4 is 21.8 Å². The third-order valence-corrected chi connectivity index (χ3v) is 3.50. The fourth-order valence-corrected chi connectivity index (χ4v) is 2.65. The average molecular weight is 247 g/mol. The second-order valence-corrected chi connectivity index (χ2v) is 4.64. The molecule has 4 heteroatoms. The molecule has 2 rings (SSSR count). The number of hydrogen-bond acceptors (Lipinski definition) is 2. The molecule has 0 aromatic heterocycles. The second-order valence-electron chi connectivity index (χ2n) is 4.08. The van der Waals surface area contributed by atoms with E-state index in [2.05, 4.69) is 26.6 Å². The maximum Gasteiger partial charge on any atom is 0.230 e. The topological polar surface area (TPSA) is 41.1 Å². The number of halogens is 1. The number of hydrogen-bond donors (Lipinski definition) is 2. The minimum atomic E-state index is 0.117. The quantitative estimate of drug-likeness (QED) is 0.703. The molecule has 1 aliphatic heterocycles. The van der Waals surface area contributed by atoms with E-state index in [0.29, 0.717) is 17.4 Å². The van der Waals surface area contributed by atoms with Crippen LogP contribution in [-0.2, 0) is 4.79 Å². The summed E-state index contributed by atoms with van der Waals surface area (Å²) in [4.78, 5) is 11.1. The molecule has 2 N–H and O–H groups in total. The van der Waals surface area contributed by atoms with Gasteiger partial charge in [0.1, 0.15) is 0 Å². The molecule has 0 aromatic carbocycles. The smallest absolute Gasteiger partial charge is 0.230 e. The van der Waals surface area contributed by atoms with E-state index in [4.69, 9.17) is 0 Å². The Balaban J connectivity index is 1.85. The summed E-state index contributed by atoms with van der Waals surface area (Å²) in [5.74, 6) is 0.908. The predicted octanol–water partition coefficient (Wildman–Crippen LogP) is 0.638. The normalized spacial score (nSPS) is 37.5. The van der Waals surface area contributed by atoms with Crippen molar-refractivity contribution in [2.75, 3.05) is 11.9 Å². The molecule has 1 aliphatic carbocycles. The summed E-state index contributed by atoms with van der Waals surface area (Å²) in [6.45, 7) is 1.14. The van der Waals surface area contributed by atoms with E-state index in [9.17, 15) is 4.79 Å². The Bertz CT molecular complexity index is 198. The molecule has 1 saturated carbocycles. The number of carbonyl (C=O) groups excluding carboxylic acids is 1. The molecule has 1 saturated heterocycles. The third-order valence-electron chi connectivity index (χ3n) is 2.99. The van der Waals surface area contributed by atoms with Crippen molar-refractivity contribution in [3.8, 4) is 0 Å². The van der Waals surface area contributed by atoms with Crippen LogP contribution in [0.1, 0.15) is 19.3 Å². The van der Waals surface area contributed by atoms with E-state index in [1.165, 1.54) is 6.42 Å². The monoisotopic (exact) mass is 246 g/mol. The van der Waals surface area contributed by atoms with Gasteiger partial charge in [-0.3, -0.25) is 4.79 Å². The first-order chi connectivity index (χ1) is 6.28. The Morgan fingerprint density at radius 1 is 1.46 bits per heavy atom. The lowest BCUT2D eigenvalue weighted by molar-refractivity contribution is -0.119. The van der Waals surface area contributed by atoms with Crippen LogP contribution in [0.3, 0.4) is 0 Å². The lowest BCUT2D eigenvalue weighted by atomic mass is 9.86. The molecule has 2 aliphatic rings. The van der Waals surface area contributed by atoms with Crippen LogP contribution in [0.25, 0.3) is 0 Å². The highest BCUT2D eigenvalue weighted by Gasteiger charge is 2.33. The molecule has 2 bridgehead atoms. The zero-order valence-corrected chi connectivity index (χ0v) is 9.14. The predicted molar refractivity (Wildman–Crippen MR) is 54.9 cm³/mol. The fourth-order valence-electron chi connectivity index (χ4n) is 2.49. The van der Waals surface area contributed by atoms with Gasteiger partial charge in [0.25, 0.3) is 0 Å². The van der Waals surface area contributed by atoms with Gasteiger partial charge in [-0.1, -0.05) is 15.9 Å². The van der Waals surface area contributed by atoms with Gasteiger partial charge >= 0.3 is 0 Å². The summed E-state index contributed by atoms with van der Waals surface area (Å²) in [5.41, 5.74) is 0. The van der Waals surface area contributed by atoms with Gasteiger partial charge in [-0.2, -0.15) is 0 Å². The van der Waals surface area contributed by atoms with Gasteiger partial charge in [-0.25, -0.2) is 0 Å². The van der Waals surface area contributed by atoms with Crippen LogP contribution in [0.4, 0.5) is 0 Å². The standard InChI is InChI=1S/C9H15BrN2O/c10-4-9(13)12-8-2-6-1-7(3-8)11-5-6/h6-8,11H,1-5H2,(H,12,13). The first-order valence-electron chi connectivity index (χ1n) is 4.86. The van der Waals surface area contributed by atoms with Gasteiger partial charge in [-0.05, 0) is 31.7 Å². The molecular formula is C9H15BrN2O. The molecule has 74 valence electrons. The highest BCUT2D eigenvalue weighted by atomic mass is 79.9. The molecule has 3 unspecified atom stereocenters. The maximum atomic E-state index is 11.1. The highest BCUT2D eigenvalue weighted by molar-refractivity contribution is 9.09. The van der Waals surface area contributed by atoms with E-state index in [1.807, 2.05) is 0 Å². The Hall–Kier alpha value is -0.0900. The molecule has 3 atom stereocenters. The summed E-state index contributed by atoms with van der Waals surface area (Å²) >= 11 is 3.16. The zero-order chi connectivity index (χ0) is 9.26. The van der Waals surface area contributed by atoms with E-state index >= 15 is 0 Å². The summed E-state index contributed by atoms with van der Waals surface area (Å²) < 4.78 is 0. The number of carbonyl (C=O) groups is 1. The van der Waals surface area contributed by atoms with Crippen molar-refractivity contribution in [3.63, 3.8) is 0 Å². The molecule has 0 aromatic rings. The Labute approximate surface area is 86.8 Å². The van der Waals surface area contributed by atoms with E-state index in [-0.39, 0.29) is 5.91 Å². The summed E-state index contributed by atoms with van der Waals surface area (Å²) in [5, 5.41) is 6.94. The minimum absolute atomic E-state index is 0.117. The summed E-state index contributed by atoms with van der Waals surface area (Å²) in [6, 6.07) is 1.06. The van der Waals surface area contributed by atoms with Crippen LogP contribution in [0, 0.1) is 5.92 Å². The van der Waals surface area contributed by atoms with Gasteiger partial charge < -0.3 is 10.6 Å². The summed E-state index contributed by atoms with van der Waals surface area (Å²) in [6.07, 6.45) is 3.57. The largest absolute Gasteiger partial charge is 0.353 e. The Morgan fingerprint density at radius 2 is 2.31 bits per heavy atom. The Kier molecular flexibility index (Phi) is 2.89. The third kappa shape index (κ3) is 2.23. The molecular weight excluding hydrogens is 232 g/mol. The number of fused-ring (bicyclic) bond motifs is 2. The van der Waals surface area contributed by atoms with Gasteiger partial charge in [0.15, 0.2) is 0 Å². The van der Waals surface area contributed by atoms with Crippen LogP contribution in [0.5, 0.6) is 0 Å². The number of rotatable bonds is 2. The zero-order valence-electron chi connectivity index (χ0n) is 7.55. The van der Waals surface area contributed by atoms with Gasteiger partial charge in [-0.15, -0.1) is 0 Å². The molecule has 13 heavy (non-hydrogen) atoms. The molecule has 3 nitrogen and oxygen atoms in total. The van der Waals surface area contributed by atoms with E-state index in [1.54, 1.807) is 0 Å². The van der Waals surface area contributed by atoms with Crippen LogP contribution in [-0.4, -0.2) is 29.9 Å². The van der Waals surface area contributed by atoms with E-state index in [0.717, 1.165) is 25.3 Å². The second kappa shape index (κ2) is 3.96.